The molecular weight excluding hydrogens is 194 g/mol. The molecule has 84 valence electrons. The van der Waals surface area contributed by atoms with Gasteiger partial charge in [-0.2, -0.15) is 5.10 Å². The van der Waals surface area contributed by atoms with E-state index in [1.807, 2.05) is 30.8 Å². The lowest BCUT2D eigenvalue weighted by Crippen LogP contribution is -2.33. The maximum atomic E-state index is 11.1. The summed E-state index contributed by atoms with van der Waals surface area (Å²) in [4.78, 5) is 11.1. The van der Waals surface area contributed by atoms with Crippen molar-refractivity contribution in [3.8, 4) is 0 Å². The lowest BCUT2D eigenvalue weighted by atomic mass is 10.2. The van der Waals surface area contributed by atoms with Crippen molar-refractivity contribution in [1.82, 2.24) is 9.78 Å². The summed E-state index contributed by atoms with van der Waals surface area (Å²) in [7, 11) is 1.33. The first-order valence-corrected chi connectivity index (χ1v) is 4.92. The van der Waals surface area contributed by atoms with Crippen LogP contribution < -0.4 is 5.73 Å². The number of hydrogen-bond donors (Lipinski definition) is 1. The number of hydrogen-bond acceptors (Lipinski definition) is 4. The largest absolute Gasteiger partial charge is 0.468 e. The molecule has 1 heterocycles. The molecule has 0 amide bonds. The molecule has 1 aromatic rings. The summed E-state index contributed by atoms with van der Waals surface area (Å²) < 4.78 is 6.37. The van der Waals surface area contributed by atoms with E-state index in [-0.39, 0.29) is 0 Å². The van der Waals surface area contributed by atoms with Crippen molar-refractivity contribution < 1.29 is 9.53 Å². The number of carbonyl (C=O) groups excluding carboxylic acids is 1. The van der Waals surface area contributed by atoms with Crippen molar-refractivity contribution in [3.63, 3.8) is 0 Å². The minimum atomic E-state index is -0.634. The molecule has 1 aromatic heterocycles. The van der Waals surface area contributed by atoms with Gasteiger partial charge in [-0.1, -0.05) is 0 Å². The van der Waals surface area contributed by atoms with Crippen LogP contribution in [0.3, 0.4) is 0 Å². The SMILES string of the molecule is COC(=O)C(N)Cc1ccn(C(C)C)n1. The minimum Gasteiger partial charge on any atom is -0.468 e. The van der Waals surface area contributed by atoms with Crippen molar-refractivity contribution in [2.45, 2.75) is 32.4 Å². The summed E-state index contributed by atoms with van der Waals surface area (Å²) in [6.45, 7) is 4.08. The van der Waals surface area contributed by atoms with Crippen molar-refractivity contribution in [2.24, 2.45) is 5.73 Å². The molecule has 1 unspecified atom stereocenters. The summed E-state index contributed by atoms with van der Waals surface area (Å²) in [6, 6.07) is 1.54. The molecule has 0 spiro atoms. The summed E-state index contributed by atoms with van der Waals surface area (Å²) in [5.41, 5.74) is 6.43. The Balaban J connectivity index is 2.61. The lowest BCUT2D eigenvalue weighted by Gasteiger charge is -2.07. The molecule has 5 heteroatoms. The van der Waals surface area contributed by atoms with E-state index in [0.717, 1.165) is 5.69 Å². The molecule has 1 rings (SSSR count). The number of nitrogens with zero attached hydrogens (tertiary/aromatic N) is 2. The molecule has 2 N–H and O–H groups in total. The maximum Gasteiger partial charge on any atom is 0.323 e. The summed E-state index contributed by atoms with van der Waals surface area (Å²) in [5.74, 6) is -0.408. The third-order valence-electron chi connectivity index (χ3n) is 2.13. The Morgan fingerprint density at radius 1 is 1.67 bits per heavy atom. The number of carbonyl (C=O) groups is 1. The van der Waals surface area contributed by atoms with E-state index >= 15 is 0 Å². The van der Waals surface area contributed by atoms with Crippen molar-refractivity contribution >= 4 is 5.97 Å². The molecule has 1 atom stereocenters. The highest BCUT2D eigenvalue weighted by molar-refractivity contribution is 5.75. The van der Waals surface area contributed by atoms with Crippen LogP contribution in [0.25, 0.3) is 0 Å². The van der Waals surface area contributed by atoms with E-state index in [0.29, 0.717) is 12.5 Å². The molecule has 5 nitrogen and oxygen atoms in total. The van der Waals surface area contributed by atoms with Crippen LogP contribution in [0, 0.1) is 0 Å². The number of rotatable bonds is 4. The van der Waals surface area contributed by atoms with Crippen LogP contribution >= 0.6 is 0 Å². The standard InChI is InChI=1S/C10H17N3O2/c1-7(2)13-5-4-8(12-13)6-9(11)10(14)15-3/h4-5,7,9H,6,11H2,1-3H3. The van der Waals surface area contributed by atoms with Gasteiger partial charge in [0.15, 0.2) is 0 Å². The second-order valence-electron chi connectivity index (χ2n) is 3.71. The van der Waals surface area contributed by atoms with E-state index in [1.165, 1.54) is 7.11 Å². The third-order valence-corrected chi connectivity index (χ3v) is 2.13. The smallest absolute Gasteiger partial charge is 0.323 e. The zero-order chi connectivity index (χ0) is 11.4. The molecule has 0 fully saturated rings. The number of nitrogens with two attached hydrogens (primary N) is 1. The van der Waals surface area contributed by atoms with Crippen LogP contribution in [0.5, 0.6) is 0 Å². The van der Waals surface area contributed by atoms with E-state index in [4.69, 9.17) is 5.73 Å². The summed E-state index contributed by atoms with van der Waals surface area (Å²) >= 11 is 0. The number of aromatic nitrogens is 2. The monoisotopic (exact) mass is 211 g/mol. The Morgan fingerprint density at radius 2 is 2.33 bits per heavy atom. The van der Waals surface area contributed by atoms with Gasteiger partial charge in [0.1, 0.15) is 6.04 Å². The third kappa shape index (κ3) is 3.06. The Morgan fingerprint density at radius 3 is 2.80 bits per heavy atom. The van der Waals surface area contributed by atoms with Gasteiger partial charge in [-0.05, 0) is 19.9 Å². The molecule has 0 saturated carbocycles. The van der Waals surface area contributed by atoms with Crippen LogP contribution in [-0.2, 0) is 16.0 Å². The van der Waals surface area contributed by atoms with Crippen LogP contribution in [0.15, 0.2) is 12.3 Å². The Hall–Kier alpha value is -1.36. The fourth-order valence-electron chi connectivity index (χ4n) is 1.23. The van der Waals surface area contributed by atoms with Gasteiger partial charge < -0.3 is 10.5 Å². The fourth-order valence-corrected chi connectivity index (χ4v) is 1.23. The van der Waals surface area contributed by atoms with Gasteiger partial charge in [0.25, 0.3) is 0 Å². The molecule has 0 bridgehead atoms. The average Bonchev–Trinajstić information content (AvgIpc) is 2.65. The first kappa shape index (κ1) is 11.7. The van der Waals surface area contributed by atoms with E-state index in [9.17, 15) is 4.79 Å². The Bertz CT molecular complexity index is 333. The highest BCUT2D eigenvalue weighted by atomic mass is 16.5. The summed E-state index contributed by atoms with van der Waals surface area (Å²) in [5, 5.41) is 4.30. The topological polar surface area (TPSA) is 70.1 Å². The second kappa shape index (κ2) is 4.93. The van der Waals surface area contributed by atoms with Gasteiger partial charge in [-0.15, -0.1) is 0 Å². The van der Waals surface area contributed by atoms with Crippen LogP contribution in [0.2, 0.25) is 0 Å². The minimum absolute atomic E-state index is 0.313. The number of ether oxygens (including phenoxy) is 1. The van der Waals surface area contributed by atoms with E-state index in [2.05, 4.69) is 9.84 Å². The predicted molar refractivity (Wildman–Crippen MR) is 56.3 cm³/mol. The van der Waals surface area contributed by atoms with Crippen molar-refractivity contribution in [2.75, 3.05) is 7.11 Å². The van der Waals surface area contributed by atoms with Crippen LogP contribution in [-0.4, -0.2) is 28.9 Å². The quantitative estimate of drug-likeness (QED) is 0.736. The molecule has 0 aromatic carbocycles. The van der Waals surface area contributed by atoms with Crippen molar-refractivity contribution in [1.29, 1.82) is 0 Å². The lowest BCUT2D eigenvalue weighted by molar-refractivity contribution is -0.142. The molecule has 0 aliphatic heterocycles. The van der Waals surface area contributed by atoms with Crippen LogP contribution in [0.1, 0.15) is 25.6 Å². The van der Waals surface area contributed by atoms with Gasteiger partial charge in [0.2, 0.25) is 0 Å². The van der Waals surface area contributed by atoms with E-state index < -0.39 is 12.0 Å². The van der Waals surface area contributed by atoms with Gasteiger partial charge in [-0.25, -0.2) is 0 Å². The molecule has 0 aliphatic rings. The predicted octanol–water partition coefficient (Wildman–Crippen LogP) is 0.507. The molecule has 0 saturated heterocycles. The first-order valence-electron chi connectivity index (χ1n) is 4.92. The molecule has 0 radical (unpaired) electrons. The molecular formula is C10H17N3O2. The van der Waals surface area contributed by atoms with Crippen molar-refractivity contribution in [3.05, 3.63) is 18.0 Å². The highest BCUT2D eigenvalue weighted by Crippen LogP contribution is 2.06. The van der Waals surface area contributed by atoms with Gasteiger partial charge in [0.05, 0.1) is 12.8 Å². The maximum absolute atomic E-state index is 11.1. The molecule has 15 heavy (non-hydrogen) atoms. The Kier molecular flexibility index (Phi) is 3.85. The summed E-state index contributed by atoms with van der Waals surface area (Å²) in [6.07, 6.45) is 2.29. The normalized spacial score (nSPS) is 12.9. The number of esters is 1. The van der Waals surface area contributed by atoms with Gasteiger partial charge >= 0.3 is 5.97 Å². The first-order chi connectivity index (χ1) is 7.04. The highest BCUT2D eigenvalue weighted by Gasteiger charge is 2.15. The number of methoxy groups -OCH3 is 1. The van der Waals surface area contributed by atoms with Gasteiger partial charge in [0, 0.05) is 18.7 Å². The van der Waals surface area contributed by atoms with Gasteiger partial charge in [-0.3, -0.25) is 9.48 Å². The fraction of sp³-hybridized carbons (Fsp3) is 0.600. The molecule has 0 aliphatic carbocycles. The Labute approximate surface area is 89.2 Å². The second-order valence-corrected chi connectivity index (χ2v) is 3.71. The van der Waals surface area contributed by atoms with Crippen LogP contribution in [0.4, 0.5) is 0 Å². The zero-order valence-corrected chi connectivity index (χ0v) is 9.30. The average molecular weight is 211 g/mol. The zero-order valence-electron chi connectivity index (χ0n) is 9.30. The van der Waals surface area contributed by atoms with E-state index in [1.54, 1.807) is 0 Å².